The van der Waals surface area contributed by atoms with E-state index in [0.29, 0.717) is 6.61 Å². The summed E-state index contributed by atoms with van der Waals surface area (Å²) < 4.78 is 5.45. The van der Waals surface area contributed by atoms with E-state index in [9.17, 15) is 0 Å². The van der Waals surface area contributed by atoms with Gasteiger partial charge in [0.1, 0.15) is 12.4 Å². The average molecular weight is 238 g/mol. The van der Waals surface area contributed by atoms with Gasteiger partial charge in [-0.15, -0.1) is 0 Å². The quantitative estimate of drug-likeness (QED) is 0.821. The van der Waals surface area contributed by atoms with Gasteiger partial charge < -0.3 is 10.1 Å². The van der Waals surface area contributed by atoms with Crippen LogP contribution in [0, 0.1) is 0 Å². The fourth-order valence-electron chi connectivity index (χ4n) is 1.43. The lowest BCUT2D eigenvalue weighted by atomic mass is 10.2. The standard InChI is InChI=1S/C13H16ClNO/c14-8-1-9-16-13-6-2-11(3-7-13)10-15-12-4-5-12/h1-3,6-8,12,15H,4-5,9-10H2/b8-1+. The zero-order valence-electron chi connectivity index (χ0n) is 9.16. The van der Waals surface area contributed by atoms with Crippen molar-refractivity contribution in [1.29, 1.82) is 0 Å². The first-order valence-corrected chi connectivity index (χ1v) is 6.02. The molecule has 3 heteroatoms. The van der Waals surface area contributed by atoms with Crippen LogP contribution in [0.5, 0.6) is 5.75 Å². The van der Waals surface area contributed by atoms with Crippen molar-refractivity contribution in [2.75, 3.05) is 6.61 Å². The maximum absolute atomic E-state index is 5.45. The third kappa shape index (κ3) is 3.87. The molecule has 0 bridgehead atoms. The summed E-state index contributed by atoms with van der Waals surface area (Å²) in [4.78, 5) is 0. The maximum Gasteiger partial charge on any atom is 0.119 e. The Kier molecular flexibility index (Phi) is 4.25. The van der Waals surface area contributed by atoms with Crippen LogP contribution in [0.2, 0.25) is 0 Å². The number of ether oxygens (including phenoxy) is 1. The summed E-state index contributed by atoms with van der Waals surface area (Å²) in [6.45, 7) is 1.47. The molecule has 1 aromatic carbocycles. The van der Waals surface area contributed by atoms with E-state index in [1.54, 1.807) is 6.08 Å². The third-order valence-electron chi connectivity index (χ3n) is 2.53. The van der Waals surface area contributed by atoms with Crippen molar-refractivity contribution in [2.24, 2.45) is 0 Å². The van der Waals surface area contributed by atoms with E-state index in [1.807, 2.05) is 12.1 Å². The van der Waals surface area contributed by atoms with Gasteiger partial charge in [-0.2, -0.15) is 0 Å². The van der Waals surface area contributed by atoms with E-state index < -0.39 is 0 Å². The van der Waals surface area contributed by atoms with Crippen LogP contribution in [0.1, 0.15) is 18.4 Å². The highest BCUT2D eigenvalue weighted by molar-refractivity contribution is 6.25. The summed E-state index contributed by atoms with van der Waals surface area (Å²) in [6, 6.07) is 8.92. The second kappa shape index (κ2) is 5.92. The first kappa shape index (κ1) is 11.5. The Labute approximate surface area is 101 Å². The molecule has 1 fully saturated rings. The smallest absolute Gasteiger partial charge is 0.119 e. The predicted octanol–water partition coefficient (Wildman–Crippen LogP) is 3.07. The van der Waals surface area contributed by atoms with E-state index in [2.05, 4.69) is 17.4 Å². The van der Waals surface area contributed by atoms with Crippen molar-refractivity contribution in [3.8, 4) is 5.75 Å². The van der Waals surface area contributed by atoms with Crippen LogP contribution in [0.25, 0.3) is 0 Å². The molecular formula is C13H16ClNO. The van der Waals surface area contributed by atoms with Crippen LogP contribution < -0.4 is 10.1 Å². The molecule has 1 aliphatic carbocycles. The second-order valence-electron chi connectivity index (χ2n) is 3.97. The lowest BCUT2D eigenvalue weighted by Gasteiger charge is -2.05. The Morgan fingerprint density at radius 1 is 1.31 bits per heavy atom. The number of nitrogens with one attached hydrogen (secondary N) is 1. The molecule has 0 heterocycles. The summed E-state index contributed by atoms with van der Waals surface area (Å²) in [7, 11) is 0. The summed E-state index contributed by atoms with van der Waals surface area (Å²) >= 11 is 5.40. The number of rotatable bonds is 6. The van der Waals surface area contributed by atoms with Gasteiger partial charge in [-0.3, -0.25) is 0 Å². The molecule has 86 valence electrons. The molecule has 0 spiro atoms. The molecule has 2 nitrogen and oxygen atoms in total. The van der Waals surface area contributed by atoms with Gasteiger partial charge in [0, 0.05) is 18.1 Å². The molecule has 1 N–H and O–H groups in total. The zero-order chi connectivity index (χ0) is 11.2. The van der Waals surface area contributed by atoms with E-state index in [4.69, 9.17) is 16.3 Å². The van der Waals surface area contributed by atoms with Gasteiger partial charge in [-0.25, -0.2) is 0 Å². The molecule has 1 saturated carbocycles. The molecule has 2 rings (SSSR count). The minimum atomic E-state index is 0.517. The van der Waals surface area contributed by atoms with Crippen molar-refractivity contribution >= 4 is 11.6 Å². The van der Waals surface area contributed by atoms with Crippen LogP contribution >= 0.6 is 11.6 Å². The van der Waals surface area contributed by atoms with Gasteiger partial charge in [0.25, 0.3) is 0 Å². The highest BCUT2D eigenvalue weighted by atomic mass is 35.5. The number of benzene rings is 1. The zero-order valence-corrected chi connectivity index (χ0v) is 9.91. The normalized spacial score (nSPS) is 15.6. The largest absolute Gasteiger partial charge is 0.490 e. The Morgan fingerprint density at radius 2 is 2.06 bits per heavy atom. The minimum Gasteiger partial charge on any atom is -0.490 e. The molecule has 0 aromatic heterocycles. The molecule has 0 atom stereocenters. The van der Waals surface area contributed by atoms with E-state index in [-0.39, 0.29) is 0 Å². The van der Waals surface area contributed by atoms with Crippen LogP contribution in [-0.2, 0) is 6.54 Å². The van der Waals surface area contributed by atoms with Crippen molar-refractivity contribution in [3.63, 3.8) is 0 Å². The van der Waals surface area contributed by atoms with Gasteiger partial charge in [-0.1, -0.05) is 23.7 Å². The topological polar surface area (TPSA) is 21.3 Å². The highest BCUT2D eigenvalue weighted by Gasteiger charge is 2.19. The fraction of sp³-hybridized carbons (Fsp3) is 0.385. The summed E-state index contributed by atoms with van der Waals surface area (Å²) in [5, 5.41) is 3.48. The Balaban J connectivity index is 1.78. The molecule has 0 unspecified atom stereocenters. The summed E-state index contributed by atoms with van der Waals surface area (Å²) in [5.74, 6) is 0.880. The lowest BCUT2D eigenvalue weighted by molar-refractivity contribution is 0.363. The summed E-state index contributed by atoms with van der Waals surface area (Å²) in [5.41, 5.74) is 2.76. The van der Waals surface area contributed by atoms with Gasteiger partial charge >= 0.3 is 0 Å². The van der Waals surface area contributed by atoms with E-state index >= 15 is 0 Å². The summed E-state index contributed by atoms with van der Waals surface area (Å²) in [6.07, 6.45) is 4.42. The lowest BCUT2D eigenvalue weighted by Crippen LogP contribution is -2.15. The SMILES string of the molecule is Cl/C=C/COc1ccc(CNC2CC2)cc1. The average Bonchev–Trinajstić information content (AvgIpc) is 3.12. The Morgan fingerprint density at radius 3 is 2.69 bits per heavy atom. The van der Waals surface area contributed by atoms with Gasteiger partial charge in [0.15, 0.2) is 0 Å². The molecule has 0 amide bonds. The second-order valence-corrected chi connectivity index (χ2v) is 4.22. The van der Waals surface area contributed by atoms with Crippen molar-refractivity contribution in [3.05, 3.63) is 41.4 Å². The van der Waals surface area contributed by atoms with Gasteiger partial charge in [0.05, 0.1) is 0 Å². The van der Waals surface area contributed by atoms with Crippen LogP contribution in [-0.4, -0.2) is 12.6 Å². The van der Waals surface area contributed by atoms with E-state index in [0.717, 1.165) is 18.3 Å². The molecular weight excluding hydrogens is 222 g/mol. The predicted molar refractivity (Wildman–Crippen MR) is 66.8 cm³/mol. The van der Waals surface area contributed by atoms with Crippen molar-refractivity contribution in [2.45, 2.75) is 25.4 Å². The monoisotopic (exact) mass is 237 g/mol. The first-order valence-electron chi connectivity index (χ1n) is 5.59. The molecule has 0 aliphatic heterocycles. The highest BCUT2D eigenvalue weighted by Crippen LogP contribution is 2.19. The fourth-order valence-corrected chi connectivity index (χ4v) is 1.51. The molecule has 0 radical (unpaired) electrons. The number of halogens is 1. The maximum atomic E-state index is 5.45. The number of hydrogen-bond acceptors (Lipinski definition) is 2. The van der Waals surface area contributed by atoms with Crippen molar-refractivity contribution < 1.29 is 4.74 Å². The number of hydrogen-bond donors (Lipinski definition) is 1. The van der Waals surface area contributed by atoms with Gasteiger partial charge in [0.2, 0.25) is 0 Å². The molecule has 1 aliphatic rings. The van der Waals surface area contributed by atoms with Crippen LogP contribution in [0.3, 0.4) is 0 Å². The van der Waals surface area contributed by atoms with Crippen LogP contribution in [0.15, 0.2) is 35.9 Å². The third-order valence-corrected chi connectivity index (χ3v) is 2.71. The van der Waals surface area contributed by atoms with Crippen LogP contribution in [0.4, 0.5) is 0 Å². The van der Waals surface area contributed by atoms with E-state index in [1.165, 1.54) is 23.9 Å². The Bertz CT molecular complexity index is 343. The Hall–Kier alpha value is -0.990. The minimum absolute atomic E-state index is 0.517. The van der Waals surface area contributed by atoms with Crippen molar-refractivity contribution in [1.82, 2.24) is 5.32 Å². The molecule has 16 heavy (non-hydrogen) atoms. The first-order chi connectivity index (χ1) is 7.88. The molecule has 1 aromatic rings. The van der Waals surface area contributed by atoms with Gasteiger partial charge in [-0.05, 0) is 36.6 Å². The molecule has 0 saturated heterocycles.